The average Bonchev–Trinajstić information content (AvgIpc) is 3.18. The SMILES string of the molecule is Cc1ccc(C(=O)N2CCOC[C@@]3(CCN(c4ncccn4)C3)C2)o1. The number of furan rings is 1. The van der Waals surface area contributed by atoms with Crippen LogP contribution in [-0.4, -0.2) is 60.2 Å². The number of anilines is 1. The molecule has 0 aromatic carbocycles. The summed E-state index contributed by atoms with van der Waals surface area (Å²) < 4.78 is 11.4. The highest BCUT2D eigenvalue weighted by Gasteiger charge is 2.43. The van der Waals surface area contributed by atoms with Crippen molar-refractivity contribution in [3.63, 3.8) is 0 Å². The van der Waals surface area contributed by atoms with Crippen molar-refractivity contribution in [2.45, 2.75) is 13.3 Å². The highest BCUT2D eigenvalue weighted by Crippen LogP contribution is 2.35. The predicted molar refractivity (Wildman–Crippen MR) is 91.5 cm³/mol. The van der Waals surface area contributed by atoms with Crippen LogP contribution in [0, 0.1) is 12.3 Å². The van der Waals surface area contributed by atoms with Crippen molar-refractivity contribution in [2.75, 3.05) is 44.3 Å². The van der Waals surface area contributed by atoms with Crippen LogP contribution in [0.25, 0.3) is 0 Å². The second-order valence-corrected chi connectivity index (χ2v) is 6.91. The first kappa shape index (κ1) is 16.1. The summed E-state index contributed by atoms with van der Waals surface area (Å²) in [5, 5.41) is 0. The van der Waals surface area contributed by atoms with E-state index in [9.17, 15) is 4.79 Å². The maximum Gasteiger partial charge on any atom is 0.289 e. The van der Waals surface area contributed by atoms with Gasteiger partial charge in [-0.15, -0.1) is 0 Å². The second kappa shape index (κ2) is 6.48. The van der Waals surface area contributed by atoms with Crippen LogP contribution in [-0.2, 0) is 4.74 Å². The molecule has 2 aliphatic heterocycles. The molecule has 0 radical (unpaired) electrons. The molecule has 0 unspecified atom stereocenters. The van der Waals surface area contributed by atoms with Crippen molar-refractivity contribution in [2.24, 2.45) is 5.41 Å². The quantitative estimate of drug-likeness (QED) is 0.828. The molecule has 4 rings (SSSR count). The highest BCUT2D eigenvalue weighted by atomic mass is 16.5. The third-order valence-corrected chi connectivity index (χ3v) is 4.95. The Hall–Kier alpha value is -2.41. The fourth-order valence-corrected chi connectivity index (χ4v) is 3.68. The molecule has 2 saturated heterocycles. The molecule has 0 bridgehead atoms. The summed E-state index contributed by atoms with van der Waals surface area (Å²) in [5.41, 5.74) is -0.0903. The number of carbonyl (C=O) groups excluding carboxylic acids is 1. The van der Waals surface area contributed by atoms with Crippen LogP contribution >= 0.6 is 0 Å². The third-order valence-electron chi connectivity index (χ3n) is 4.95. The van der Waals surface area contributed by atoms with E-state index in [4.69, 9.17) is 9.15 Å². The number of carbonyl (C=O) groups is 1. The van der Waals surface area contributed by atoms with Gasteiger partial charge in [0.2, 0.25) is 5.95 Å². The monoisotopic (exact) mass is 342 g/mol. The van der Waals surface area contributed by atoms with Crippen molar-refractivity contribution in [3.05, 3.63) is 42.1 Å². The number of hydrogen-bond donors (Lipinski definition) is 0. The summed E-state index contributed by atoms with van der Waals surface area (Å²) in [4.78, 5) is 25.5. The van der Waals surface area contributed by atoms with Crippen LogP contribution < -0.4 is 4.90 Å². The molecule has 0 saturated carbocycles. The summed E-state index contributed by atoms with van der Waals surface area (Å²) in [6.07, 6.45) is 4.46. The zero-order valence-electron chi connectivity index (χ0n) is 14.4. The highest BCUT2D eigenvalue weighted by molar-refractivity contribution is 5.91. The van der Waals surface area contributed by atoms with Crippen LogP contribution in [0.3, 0.4) is 0 Å². The molecule has 2 aromatic heterocycles. The third kappa shape index (κ3) is 3.24. The zero-order valence-corrected chi connectivity index (χ0v) is 14.4. The molecule has 2 fully saturated rings. The standard InChI is InChI=1S/C18H22N4O3/c1-14-3-4-15(25-14)16(23)21-9-10-24-13-18(11-21)5-8-22(12-18)17-19-6-2-7-20-17/h2-4,6-7H,5,8-13H2,1H3/t18-/m0/s1. The molecule has 7 heteroatoms. The Morgan fingerprint density at radius 1 is 1.20 bits per heavy atom. The van der Waals surface area contributed by atoms with Gasteiger partial charge in [0.15, 0.2) is 5.76 Å². The van der Waals surface area contributed by atoms with E-state index in [1.165, 1.54) is 0 Å². The Morgan fingerprint density at radius 3 is 2.80 bits per heavy atom. The topological polar surface area (TPSA) is 71.7 Å². The molecule has 2 aromatic rings. The second-order valence-electron chi connectivity index (χ2n) is 6.91. The maximum absolute atomic E-state index is 12.8. The van der Waals surface area contributed by atoms with Crippen LogP contribution in [0.5, 0.6) is 0 Å². The minimum atomic E-state index is -0.0903. The van der Waals surface area contributed by atoms with Gasteiger partial charge in [0.1, 0.15) is 5.76 Å². The van der Waals surface area contributed by atoms with Crippen LogP contribution in [0.1, 0.15) is 22.7 Å². The minimum absolute atomic E-state index is 0.0626. The van der Waals surface area contributed by atoms with Crippen molar-refractivity contribution in [1.29, 1.82) is 0 Å². The van der Waals surface area contributed by atoms with Gasteiger partial charge in [-0.1, -0.05) is 0 Å². The van der Waals surface area contributed by atoms with Gasteiger partial charge in [-0.2, -0.15) is 0 Å². The van der Waals surface area contributed by atoms with Gasteiger partial charge in [-0.05, 0) is 31.5 Å². The van der Waals surface area contributed by atoms with Gasteiger partial charge >= 0.3 is 0 Å². The largest absolute Gasteiger partial charge is 0.456 e. The van der Waals surface area contributed by atoms with E-state index in [0.717, 1.165) is 31.2 Å². The number of aryl methyl sites for hydroxylation is 1. The molecule has 25 heavy (non-hydrogen) atoms. The fourth-order valence-electron chi connectivity index (χ4n) is 3.68. The first-order chi connectivity index (χ1) is 12.2. The van der Waals surface area contributed by atoms with Gasteiger partial charge in [0.05, 0.1) is 13.2 Å². The van der Waals surface area contributed by atoms with Gasteiger partial charge in [-0.3, -0.25) is 4.79 Å². The average molecular weight is 342 g/mol. The Balaban J connectivity index is 1.51. The Bertz CT molecular complexity index is 748. The molecule has 0 aliphatic carbocycles. The lowest BCUT2D eigenvalue weighted by atomic mass is 9.87. The Kier molecular flexibility index (Phi) is 4.17. The lowest BCUT2D eigenvalue weighted by Crippen LogP contribution is -2.43. The summed E-state index contributed by atoms with van der Waals surface area (Å²) >= 11 is 0. The van der Waals surface area contributed by atoms with E-state index in [1.54, 1.807) is 18.5 Å². The van der Waals surface area contributed by atoms with Gasteiger partial charge in [-0.25, -0.2) is 9.97 Å². The molecule has 1 amide bonds. The summed E-state index contributed by atoms with van der Waals surface area (Å²) in [7, 11) is 0. The van der Waals surface area contributed by atoms with Crippen LogP contribution in [0.4, 0.5) is 5.95 Å². The minimum Gasteiger partial charge on any atom is -0.456 e. The number of nitrogens with zero attached hydrogens (tertiary/aromatic N) is 4. The molecule has 7 nitrogen and oxygen atoms in total. The molecular weight excluding hydrogens is 320 g/mol. The van der Waals surface area contributed by atoms with E-state index in [0.29, 0.717) is 32.1 Å². The van der Waals surface area contributed by atoms with Gasteiger partial charge in [0, 0.05) is 44.0 Å². The van der Waals surface area contributed by atoms with Crippen molar-refractivity contribution < 1.29 is 13.9 Å². The Labute approximate surface area is 146 Å². The van der Waals surface area contributed by atoms with Crippen molar-refractivity contribution >= 4 is 11.9 Å². The fraction of sp³-hybridized carbons (Fsp3) is 0.500. The first-order valence-electron chi connectivity index (χ1n) is 8.61. The van der Waals surface area contributed by atoms with Crippen LogP contribution in [0.15, 0.2) is 35.0 Å². The maximum atomic E-state index is 12.8. The normalized spacial score (nSPS) is 23.9. The number of rotatable bonds is 2. The number of hydrogen-bond acceptors (Lipinski definition) is 6. The Morgan fingerprint density at radius 2 is 2.04 bits per heavy atom. The molecule has 1 spiro atoms. The van der Waals surface area contributed by atoms with E-state index in [-0.39, 0.29) is 11.3 Å². The van der Waals surface area contributed by atoms with Crippen LogP contribution in [0.2, 0.25) is 0 Å². The predicted octanol–water partition coefficient (Wildman–Crippen LogP) is 1.75. The first-order valence-corrected chi connectivity index (χ1v) is 8.61. The molecule has 132 valence electrons. The summed E-state index contributed by atoms with van der Waals surface area (Å²) in [5.74, 6) is 1.82. The zero-order chi connectivity index (χ0) is 17.3. The smallest absolute Gasteiger partial charge is 0.289 e. The molecule has 4 heterocycles. The lowest BCUT2D eigenvalue weighted by Gasteiger charge is -2.31. The summed E-state index contributed by atoms with van der Waals surface area (Å²) in [6.45, 7) is 5.95. The molecule has 1 atom stereocenters. The number of amides is 1. The molecule has 0 N–H and O–H groups in total. The van der Waals surface area contributed by atoms with E-state index in [1.807, 2.05) is 24.0 Å². The van der Waals surface area contributed by atoms with E-state index >= 15 is 0 Å². The van der Waals surface area contributed by atoms with E-state index < -0.39 is 0 Å². The number of ether oxygens (including phenoxy) is 1. The summed E-state index contributed by atoms with van der Waals surface area (Å²) in [6, 6.07) is 5.38. The van der Waals surface area contributed by atoms with Gasteiger partial charge < -0.3 is 19.0 Å². The van der Waals surface area contributed by atoms with Crippen molar-refractivity contribution in [1.82, 2.24) is 14.9 Å². The van der Waals surface area contributed by atoms with Crippen molar-refractivity contribution in [3.8, 4) is 0 Å². The molecular formula is C18H22N4O3. The van der Waals surface area contributed by atoms with Gasteiger partial charge in [0.25, 0.3) is 5.91 Å². The number of aromatic nitrogens is 2. The van der Waals surface area contributed by atoms with E-state index in [2.05, 4.69) is 14.9 Å². The lowest BCUT2D eigenvalue weighted by molar-refractivity contribution is 0.0662. The molecule has 2 aliphatic rings.